The molecule has 0 aliphatic rings. The van der Waals surface area contributed by atoms with Crippen molar-refractivity contribution in [2.24, 2.45) is 0 Å². The Morgan fingerprint density at radius 2 is 2.10 bits per heavy atom. The maximum absolute atomic E-state index is 7.98. The highest BCUT2D eigenvalue weighted by Crippen LogP contribution is 2.15. The van der Waals surface area contributed by atoms with Gasteiger partial charge in [-0.15, -0.1) is 4.99 Å². The predicted octanol–water partition coefficient (Wildman–Crippen LogP) is 1.09. The summed E-state index contributed by atoms with van der Waals surface area (Å²) in [4.78, 5) is 3.68. The van der Waals surface area contributed by atoms with E-state index in [0.717, 1.165) is 0 Å². The van der Waals surface area contributed by atoms with E-state index in [1.54, 1.807) is 24.3 Å². The minimum Gasteiger partial charge on any atom is -0.397 e. The van der Waals surface area contributed by atoms with Crippen LogP contribution in [0.1, 0.15) is 0 Å². The number of nitrogen functional groups attached to an aromatic ring is 1. The maximum Gasteiger partial charge on any atom is 0.0863 e. The van der Waals surface area contributed by atoms with Crippen LogP contribution in [-0.4, -0.2) is 5.26 Å². The fraction of sp³-hybridized carbons (Fsp3) is 0. The Labute approximate surface area is 58.1 Å². The van der Waals surface area contributed by atoms with Gasteiger partial charge in [0.05, 0.1) is 11.4 Å². The van der Waals surface area contributed by atoms with Gasteiger partial charge in [-0.1, -0.05) is 12.1 Å². The standard InChI is InChI=1S/C6H8N2O2/c7-5-3-1-2-4-6(5)8-10-9/h1-4,8-9H,7H2. The van der Waals surface area contributed by atoms with Crippen LogP contribution in [0.5, 0.6) is 0 Å². The van der Waals surface area contributed by atoms with Crippen LogP contribution in [0.3, 0.4) is 0 Å². The average molecular weight is 140 g/mol. The number of hydrogen-bond acceptors (Lipinski definition) is 4. The summed E-state index contributed by atoms with van der Waals surface area (Å²) in [6, 6.07) is 6.95. The molecule has 0 saturated carbocycles. The third-order valence-corrected chi connectivity index (χ3v) is 1.12. The highest BCUT2D eigenvalue weighted by atomic mass is 17.2. The fourth-order valence-corrected chi connectivity index (χ4v) is 0.639. The Kier molecular flexibility index (Phi) is 2.09. The summed E-state index contributed by atoms with van der Waals surface area (Å²) in [6.07, 6.45) is 0. The molecule has 1 rings (SSSR count). The average Bonchev–Trinajstić information content (AvgIpc) is 1.94. The zero-order valence-electron chi connectivity index (χ0n) is 5.24. The van der Waals surface area contributed by atoms with Gasteiger partial charge < -0.3 is 5.73 Å². The second-order valence-electron chi connectivity index (χ2n) is 1.78. The number of nitrogens with one attached hydrogen (secondary N) is 1. The summed E-state index contributed by atoms with van der Waals surface area (Å²) in [7, 11) is 0. The number of rotatable bonds is 2. The second-order valence-corrected chi connectivity index (χ2v) is 1.78. The molecule has 0 heterocycles. The molecular formula is C6H8N2O2. The zero-order chi connectivity index (χ0) is 7.40. The van der Waals surface area contributed by atoms with Crippen molar-refractivity contribution in [2.45, 2.75) is 0 Å². The van der Waals surface area contributed by atoms with E-state index in [9.17, 15) is 0 Å². The van der Waals surface area contributed by atoms with Crippen molar-refractivity contribution >= 4 is 11.4 Å². The van der Waals surface area contributed by atoms with Crippen LogP contribution in [0.2, 0.25) is 0 Å². The van der Waals surface area contributed by atoms with Gasteiger partial charge in [0, 0.05) is 0 Å². The summed E-state index contributed by atoms with van der Waals surface area (Å²) in [5.74, 6) is 0. The number of hydrogen-bond donors (Lipinski definition) is 3. The van der Waals surface area contributed by atoms with Crippen molar-refractivity contribution in [1.29, 1.82) is 0 Å². The lowest BCUT2D eigenvalue weighted by Gasteiger charge is -2.02. The van der Waals surface area contributed by atoms with Gasteiger partial charge in [-0.3, -0.25) is 0 Å². The first kappa shape index (κ1) is 6.85. The molecule has 1 aromatic carbocycles. The number of benzene rings is 1. The lowest BCUT2D eigenvalue weighted by atomic mass is 10.3. The van der Waals surface area contributed by atoms with Crippen molar-refractivity contribution in [3.05, 3.63) is 24.3 Å². The molecule has 4 heteroatoms. The van der Waals surface area contributed by atoms with E-state index in [-0.39, 0.29) is 0 Å². The first-order valence-electron chi connectivity index (χ1n) is 2.75. The SMILES string of the molecule is Nc1ccccc1NOO. The van der Waals surface area contributed by atoms with Crippen molar-refractivity contribution < 1.29 is 10.2 Å². The Hall–Kier alpha value is -1.26. The normalized spacial score (nSPS) is 9.30. The summed E-state index contributed by atoms with van der Waals surface area (Å²) in [5, 5.41) is 7.98. The first-order valence-corrected chi connectivity index (χ1v) is 2.75. The highest BCUT2D eigenvalue weighted by Gasteiger charge is 1.93. The molecule has 0 amide bonds. The maximum atomic E-state index is 7.98. The zero-order valence-corrected chi connectivity index (χ0v) is 5.24. The molecule has 0 aromatic heterocycles. The molecule has 0 unspecified atom stereocenters. The summed E-state index contributed by atoms with van der Waals surface area (Å²) in [6.45, 7) is 0. The van der Waals surface area contributed by atoms with Gasteiger partial charge >= 0.3 is 0 Å². The molecule has 0 radical (unpaired) electrons. The third-order valence-electron chi connectivity index (χ3n) is 1.12. The molecule has 54 valence electrons. The Morgan fingerprint density at radius 1 is 1.40 bits per heavy atom. The van der Waals surface area contributed by atoms with Crippen molar-refractivity contribution in [2.75, 3.05) is 11.2 Å². The van der Waals surface area contributed by atoms with E-state index in [1.165, 1.54) is 0 Å². The van der Waals surface area contributed by atoms with Gasteiger partial charge in [0.25, 0.3) is 0 Å². The number of para-hydroxylation sites is 2. The van der Waals surface area contributed by atoms with E-state index in [0.29, 0.717) is 11.4 Å². The number of anilines is 2. The Bertz CT molecular complexity index is 215. The molecule has 10 heavy (non-hydrogen) atoms. The Balaban J connectivity index is 2.81. The fourth-order valence-electron chi connectivity index (χ4n) is 0.639. The van der Waals surface area contributed by atoms with Crippen LogP contribution in [0.15, 0.2) is 24.3 Å². The smallest absolute Gasteiger partial charge is 0.0863 e. The lowest BCUT2D eigenvalue weighted by molar-refractivity contribution is -0.215. The number of nitrogens with two attached hydrogens (primary N) is 1. The monoisotopic (exact) mass is 140 g/mol. The molecule has 0 fully saturated rings. The van der Waals surface area contributed by atoms with Gasteiger partial charge in [0.1, 0.15) is 0 Å². The van der Waals surface area contributed by atoms with Gasteiger partial charge in [-0.05, 0) is 12.1 Å². The Morgan fingerprint density at radius 3 is 2.70 bits per heavy atom. The molecular weight excluding hydrogens is 132 g/mol. The van der Waals surface area contributed by atoms with Crippen molar-refractivity contribution in [1.82, 2.24) is 0 Å². The van der Waals surface area contributed by atoms with Crippen LogP contribution >= 0.6 is 0 Å². The molecule has 0 saturated heterocycles. The second kappa shape index (κ2) is 3.05. The summed E-state index contributed by atoms with van der Waals surface area (Å²) < 4.78 is 0. The topological polar surface area (TPSA) is 67.5 Å². The first-order chi connectivity index (χ1) is 4.84. The molecule has 0 bridgehead atoms. The van der Waals surface area contributed by atoms with Crippen molar-refractivity contribution in [3.8, 4) is 0 Å². The summed E-state index contributed by atoms with van der Waals surface area (Å²) in [5.41, 5.74) is 8.73. The van der Waals surface area contributed by atoms with Gasteiger partial charge in [0.2, 0.25) is 0 Å². The minimum atomic E-state index is 0.525. The van der Waals surface area contributed by atoms with Crippen molar-refractivity contribution in [3.63, 3.8) is 0 Å². The van der Waals surface area contributed by atoms with E-state index >= 15 is 0 Å². The van der Waals surface area contributed by atoms with Gasteiger partial charge in [0.15, 0.2) is 0 Å². The highest BCUT2D eigenvalue weighted by molar-refractivity contribution is 5.64. The molecule has 0 aliphatic carbocycles. The molecule has 1 aromatic rings. The van der Waals surface area contributed by atoms with Crippen LogP contribution < -0.4 is 11.2 Å². The molecule has 0 spiro atoms. The van der Waals surface area contributed by atoms with Gasteiger partial charge in [-0.25, -0.2) is 10.7 Å². The van der Waals surface area contributed by atoms with E-state index < -0.39 is 0 Å². The van der Waals surface area contributed by atoms with E-state index in [1.807, 2.05) is 0 Å². The quantitative estimate of drug-likeness (QED) is 0.326. The van der Waals surface area contributed by atoms with E-state index in [2.05, 4.69) is 10.5 Å². The van der Waals surface area contributed by atoms with Gasteiger partial charge in [-0.2, -0.15) is 0 Å². The van der Waals surface area contributed by atoms with Crippen LogP contribution in [0.4, 0.5) is 11.4 Å². The van der Waals surface area contributed by atoms with E-state index in [4.69, 9.17) is 11.0 Å². The predicted molar refractivity (Wildman–Crippen MR) is 38.2 cm³/mol. The lowest BCUT2D eigenvalue weighted by Crippen LogP contribution is -1.99. The van der Waals surface area contributed by atoms with Crippen LogP contribution in [-0.2, 0) is 4.99 Å². The van der Waals surface area contributed by atoms with Crippen LogP contribution in [0.25, 0.3) is 0 Å². The molecule has 0 atom stereocenters. The largest absolute Gasteiger partial charge is 0.397 e. The molecule has 4 N–H and O–H groups in total. The van der Waals surface area contributed by atoms with Crippen LogP contribution in [0, 0.1) is 0 Å². The molecule has 0 aliphatic heterocycles. The minimum absolute atomic E-state index is 0.525. The third kappa shape index (κ3) is 1.37. The molecule has 4 nitrogen and oxygen atoms in total. The summed E-state index contributed by atoms with van der Waals surface area (Å²) >= 11 is 0.